The van der Waals surface area contributed by atoms with Crippen molar-refractivity contribution < 1.29 is 14.3 Å². The van der Waals surface area contributed by atoms with Gasteiger partial charge in [0.25, 0.3) is 5.91 Å². The van der Waals surface area contributed by atoms with Crippen LogP contribution < -0.4 is 4.74 Å². The minimum Gasteiger partial charge on any atom is -0.494 e. The standard InChI is InChI=1S/C27H33ClN2O3/c1-2-3-17-33-23-15-13-20(14-16-23)26-27(32)29(22-10-5-4-6-11-22)19-25(31)30(26)18-21-9-7-8-12-24(21)28/h7-9,12-16,22,26H,2-6,10-11,17-19H2,1H3/t26-/m0/s1. The smallest absolute Gasteiger partial charge is 0.250 e. The maximum absolute atomic E-state index is 13.8. The van der Waals surface area contributed by atoms with Gasteiger partial charge in [-0.1, -0.05) is 74.5 Å². The summed E-state index contributed by atoms with van der Waals surface area (Å²) in [7, 11) is 0. The van der Waals surface area contributed by atoms with Crippen LogP contribution in [0.25, 0.3) is 0 Å². The summed E-state index contributed by atoms with van der Waals surface area (Å²) in [5, 5.41) is 0.603. The first-order valence-corrected chi connectivity index (χ1v) is 12.5. The van der Waals surface area contributed by atoms with E-state index in [1.807, 2.05) is 53.4 Å². The summed E-state index contributed by atoms with van der Waals surface area (Å²) in [6.07, 6.45) is 7.44. The Labute approximate surface area is 201 Å². The lowest BCUT2D eigenvalue weighted by atomic mass is 9.91. The van der Waals surface area contributed by atoms with Gasteiger partial charge in [0.2, 0.25) is 5.91 Å². The molecule has 2 amide bonds. The first-order valence-electron chi connectivity index (χ1n) is 12.1. The van der Waals surface area contributed by atoms with E-state index in [9.17, 15) is 9.59 Å². The number of halogens is 1. The molecule has 5 nitrogen and oxygen atoms in total. The molecule has 0 bridgehead atoms. The maximum atomic E-state index is 13.8. The van der Waals surface area contributed by atoms with Crippen molar-refractivity contribution >= 4 is 23.4 Å². The van der Waals surface area contributed by atoms with Crippen LogP contribution in [0.5, 0.6) is 5.75 Å². The number of unbranched alkanes of at least 4 members (excludes halogenated alkanes) is 1. The predicted octanol–water partition coefficient (Wildman–Crippen LogP) is 5.76. The molecule has 2 aromatic rings. The minimum atomic E-state index is -0.658. The first kappa shape index (κ1) is 23.6. The van der Waals surface area contributed by atoms with Gasteiger partial charge in [0, 0.05) is 17.6 Å². The highest BCUT2D eigenvalue weighted by Crippen LogP contribution is 2.34. The van der Waals surface area contributed by atoms with Crippen LogP contribution in [0.3, 0.4) is 0 Å². The van der Waals surface area contributed by atoms with E-state index < -0.39 is 6.04 Å². The molecule has 0 radical (unpaired) electrons. The van der Waals surface area contributed by atoms with Gasteiger partial charge in [-0.25, -0.2) is 0 Å². The second-order valence-corrected chi connectivity index (χ2v) is 9.45. The van der Waals surface area contributed by atoms with E-state index in [1.165, 1.54) is 6.42 Å². The topological polar surface area (TPSA) is 49.9 Å². The second-order valence-electron chi connectivity index (χ2n) is 9.04. The summed E-state index contributed by atoms with van der Waals surface area (Å²) in [6.45, 7) is 3.25. The van der Waals surface area contributed by atoms with Crippen molar-refractivity contribution in [3.05, 3.63) is 64.7 Å². The van der Waals surface area contributed by atoms with Crippen LogP contribution in [0.15, 0.2) is 48.5 Å². The van der Waals surface area contributed by atoms with Gasteiger partial charge in [-0.05, 0) is 48.6 Å². The van der Waals surface area contributed by atoms with Crippen molar-refractivity contribution in [1.29, 1.82) is 0 Å². The van der Waals surface area contributed by atoms with E-state index in [0.717, 1.165) is 55.4 Å². The Morgan fingerprint density at radius 2 is 1.73 bits per heavy atom. The zero-order chi connectivity index (χ0) is 23.2. The predicted molar refractivity (Wildman–Crippen MR) is 130 cm³/mol. The summed E-state index contributed by atoms with van der Waals surface area (Å²) in [6, 6.07) is 14.6. The number of piperazine rings is 1. The molecule has 33 heavy (non-hydrogen) atoms. The highest BCUT2D eigenvalue weighted by molar-refractivity contribution is 6.31. The molecule has 0 N–H and O–H groups in total. The lowest BCUT2D eigenvalue weighted by Gasteiger charge is -2.44. The number of hydrogen-bond acceptors (Lipinski definition) is 3. The lowest BCUT2D eigenvalue weighted by Crippen LogP contribution is -2.58. The Kier molecular flexibility index (Phi) is 7.92. The number of rotatable bonds is 8. The molecule has 1 aliphatic carbocycles. The Hall–Kier alpha value is -2.53. The molecule has 2 fully saturated rings. The van der Waals surface area contributed by atoms with Gasteiger partial charge in [0.1, 0.15) is 18.3 Å². The molecule has 1 saturated heterocycles. The van der Waals surface area contributed by atoms with Crippen molar-refractivity contribution in [1.82, 2.24) is 9.80 Å². The molecular weight excluding hydrogens is 436 g/mol. The SMILES string of the molecule is CCCCOc1ccc([C@H]2C(=O)N(C3CCCCC3)CC(=O)N2Cc2ccccc2Cl)cc1. The van der Waals surface area contributed by atoms with E-state index >= 15 is 0 Å². The maximum Gasteiger partial charge on any atom is 0.250 e. The molecule has 0 unspecified atom stereocenters. The molecule has 6 heteroatoms. The fourth-order valence-corrected chi connectivity index (χ4v) is 5.04. The fraction of sp³-hybridized carbons (Fsp3) is 0.481. The molecule has 4 rings (SSSR count). The zero-order valence-corrected chi connectivity index (χ0v) is 20.1. The third kappa shape index (κ3) is 5.52. The molecule has 1 atom stereocenters. The quantitative estimate of drug-likeness (QED) is 0.462. The van der Waals surface area contributed by atoms with Crippen molar-refractivity contribution in [3.8, 4) is 5.75 Å². The average Bonchev–Trinajstić information content (AvgIpc) is 2.84. The van der Waals surface area contributed by atoms with E-state index in [2.05, 4.69) is 6.92 Å². The molecule has 2 aliphatic rings. The van der Waals surface area contributed by atoms with E-state index in [-0.39, 0.29) is 24.4 Å². The van der Waals surface area contributed by atoms with Crippen LogP contribution in [-0.2, 0) is 16.1 Å². The van der Waals surface area contributed by atoms with Crippen LogP contribution in [0.2, 0.25) is 5.02 Å². The van der Waals surface area contributed by atoms with E-state index in [4.69, 9.17) is 16.3 Å². The number of benzene rings is 2. The van der Waals surface area contributed by atoms with Gasteiger partial charge in [0.15, 0.2) is 0 Å². The van der Waals surface area contributed by atoms with E-state index in [0.29, 0.717) is 18.2 Å². The van der Waals surface area contributed by atoms with Gasteiger partial charge in [-0.2, -0.15) is 0 Å². The molecule has 0 spiro atoms. The number of amides is 2. The van der Waals surface area contributed by atoms with Crippen LogP contribution in [0, 0.1) is 0 Å². The third-order valence-corrected chi connectivity index (χ3v) is 7.10. The summed E-state index contributed by atoms with van der Waals surface area (Å²) >= 11 is 6.40. The molecule has 1 heterocycles. The number of ether oxygens (including phenoxy) is 1. The van der Waals surface area contributed by atoms with Crippen LogP contribution in [0.4, 0.5) is 0 Å². The monoisotopic (exact) mass is 468 g/mol. The van der Waals surface area contributed by atoms with Crippen molar-refractivity contribution in [2.24, 2.45) is 0 Å². The van der Waals surface area contributed by atoms with Crippen molar-refractivity contribution in [2.45, 2.75) is 70.5 Å². The Balaban J connectivity index is 1.62. The highest BCUT2D eigenvalue weighted by Gasteiger charge is 2.43. The van der Waals surface area contributed by atoms with Crippen molar-refractivity contribution in [3.63, 3.8) is 0 Å². The summed E-state index contributed by atoms with van der Waals surface area (Å²) in [4.78, 5) is 30.7. The summed E-state index contributed by atoms with van der Waals surface area (Å²) in [5.41, 5.74) is 1.65. The molecule has 2 aromatic carbocycles. The van der Waals surface area contributed by atoms with Gasteiger partial charge < -0.3 is 14.5 Å². The molecular formula is C27H33ClN2O3. The Morgan fingerprint density at radius 3 is 2.42 bits per heavy atom. The number of carbonyl (C=O) groups excluding carboxylic acids is 2. The second kappa shape index (κ2) is 11.1. The third-order valence-electron chi connectivity index (χ3n) is 6.73. The molecule has 1 saturated carbocycles. The van der Waals surface area contributed by atoms with Crippen LogP contribution in [0.1, 0.15) is 69.0 Å². The zero-order valence-electron chi connectivity index (χ0n) is 19.3. The number of carbonyl (C=O) groups is 2. The van der Waals surface area contributed by atoms with Crippen LogP contribution >= 0.6 is 11.6 Å². The molecule has 0 aromatic heterocycles. The van der Waals surface area contributed by atoms with Gasteiger partial charge in [-0.15, -0.1) is 0 Å². The van der Waals surface area contributed by atoms with E-state index in [1.54, 1.807) is 4.90 Å². The number of nitrogens with zero attached hydrogens (tertiary/aromatic N) is 2. The Bertz CT molecular complexity index is 956. The van der Waals surface area contributed by atoms with Gasteiger partial charge in [0.05, 0.1) is 6.61 Å². The molecule has 176 valence electrons. The summed E-state index contributed by atoms with van der Waals surface area (Å²) < 4.78 is 5.80. The molecule has 1 aliphatic heterocycles. The Morgan fingerprint density at radius 1 is 1.00 bits per heavy atom. The lowest BCUT2D eigenvalue weighted by molar-refractivity contribution is -0.160. The first-order chi connectivity index (χ1) is 16.1. The van der Waals surface area contributed by atoms with Gasteiger partial charge >= 0.3 is 0 Å². The normalized spacial score (nSPS) is 19.8. The van der Waals surface area contributed by atoms with Crippen LogP contribution in [-0.4, -0.2) is 40.8 Å². The van der Waals surface area contributed by atoms with Crippen molar-refractivity contribution in [2.75, 3.05) is 13.2 Å². The summed E-state index contributed by atoms with van der Waals surface area (Å²) in [5.74, 6) is 0.755. The highest BCUT2D eigenvalue weighted by atomic mass is 35.5. The largest absolute Gasteiger partial charge is 0.494 e. The number of hydrogen-bond donors (Lipinski definition) is 0. The fourth-order valence-electron chi connectivity index (χ4n) is 4.84. The minimum absolute atomic E-state index is 0.00760. The average molecular weight is 469 g/mol. The van der Waals surface area contributed by atoms with Gasteiger partial charge in [-0.3, -0.25) is 9.59 Å².